The number of nitrogens with one attached hydrogen (secondary N) is 1. The molecule has 7 nitrogen and oxygen atoms in total. The summed E-state index contributed by atoms with van der Waals surface area (Å²) < 4.78 is 26.2. The third kappa shape index (κ3) is 5.61. The van der Waals surface area contributed by atoms with Crippen LogP contribution in [0.4, 0.5) is 20.4 Å². The number of aliphatic hydroxyl groups is 1. The molecule has 2 saturated carbocycles. The predicted molar refractivity (Wildman–Crippen MR) is 135 cm³/mol. The van der Waals surface area contributed by atoms with Crippen molar-refractivity contribution in [2.24, 2.45) is 11.8 Å². The van der Waals surface area contributed by atoms with E-state index in [1.54, 1.807) is 19.2 Å². The first-order chi connectivity index (χ1) is 17.7. The Labute approximate surface area is 214 Å². The molecular weight excluding hydrogens is 478 g/mol. The quantitative estimate of drug-likeness (QED) is 0.333. The number of pyridine rings is 3. The van der Waals surface area contributed by atoms with Crippen molar-refractivity contribution in [2.75, 3.05) is 5.32 Å². The van der Waals surface area contributed by atoms with Gasteiger partial charge >= 0.3 is 5.97 Å². The van der Waals surface area contributed by atoms with E-state index >= 15 is 0 Å². The fourth-order valence-corrected chi connectivity index (χ4v) is 5.15. The van der Waals surface area contributed by atoms with Gasteiger partial charge in [0.1, 0.15) is 17.2 Å². The van der Waals surface area contributed by atoms with Gasteiger partial charge in [0.15, 0.2) is 0 Å². The molecule has 3 N–H and O–H groups in total. The number of aliphatic carboxylic acids is 1. The van der Waals surface area contributed by atoms with E-state index in [9.17, 15) is 23.8 Å². The highest BCUT2D eigenvalue weighted by molar-refractivity contribution is 5.70. The number of carboxylic acids is 1. The summed E-state index contributed by atoms with van der Waals surface area (Å²) in [6, 6.07) is 10.2. The summed E-state index contributed by atoms with van der Waals surface area (Å²) in [6.45, 7) is 1.75. The van der Waals surface area contributed by atoms with Crippen LogP contribution in [0, 0.1) is 11.8 Å². The monoisotopic (exact) mass is 508 g/mol. The molecule has 2 fully saturated rings. The number of aromatic nitrogens is 3. The molecule has 0 aliphatic heterocycles. The summed E-state index contributed by atoms with van der Waals surface area (Å²) in [5, 5.41) is 23.6. The second-order valence-electron chi connectivity index (χ2n) is 10.3. The molecule has 0 aromatic carbocycles. The maximum absolute atomic E-state index is 13.1. The Hall–Kier alpha value is -3.46. The first-order valence-corrected chi connectivity index (χ1v) is 12.7. The summed E-state index contributed by atoms with van der Waals surface area (Å²) in [5.74, 6) is 0.0773. The van der Waals surface area contributed by atoms with Gasteiger partial charge in [-0.05, 0) is 99.2 Å². The fourth-order valence-electron chi connectivity index (χ4n) is 5.15. The number of nitrogens with zero attached hydrogens (tertiary/aromatic N) is 3. The van der Waals surface area contributed by atoms with Gasteiger partial charge in [0.25, 0.3) is 6.43 Å². The van der Waals surface area contributed by atoms with Crippen molar-refractivity contribution in [1.82, 2.24) is 15.0 Å². The van der Waals surface area contributed by atoms with E-state index in [0.29, 0.717) is 54.6 Å². The van der Waals surface area contributed by atoms with Gasteiger partial charge in [0.2, 0.25) is 0 Å². The Kier molecular flexibility index (Phi) is 6.90. The van der Waals surface area contributed by atoms with Gasteiger partial charge in [-0.2, -0.15) is 0 Å². The standard InChI is InChI=1S/C28H30F2N4O3/c1-28(37,21-7-4-17(5-8-21)27(35)36)23-9-6-19(15-32-23)22-12-20(16-2-3-16)14-25(33-22)34-24-13-18(26(29)30)10-11-31-24/h6,9-17,21,26,37H,2-5,7-8H2,1H3,(H,35,36)(H,31,33,34)/t17-,21-,28?. The Morgan fingerprint density at radius 2 is 1.78 bits per heavy atom. The number of carbonyl (C=O) groups is 1. The minimum atomic E-state index is -2.58. The van der Waals surface area contributed by atoms with Gasteiger partial charge < -0.3 is 15.5 Å². The van der Waals surface area contributed by atoms with Gasteiger partial charge in [-0.1, -0.05) is 0 Å². The Morgan fingerprint density at radius 3 is 2.41 bits per heavy atom. The summed E-state index contributed by atoms with van der Waals surface area (Å²) in [4.78, 5) is 24.7. The van der Waals surface area contributed by atoms with Crippen molar-refractivity contribution in [3.63, 3.8) is 0 Å². The van der Waals surface area contributed by atoms with E-state index in [2.05, 4.69) is 15.3 Å². The predicted octanol–water partition coefficient (Wildman–Crippen LogP) is 6.20. The second kappa shape index (κ2) is 10.1. The lowest BCUT2D eigenvalue weighted by Crippen LogP contribution is -2.36. The Morgan fingerprint density at radius 1 is 1.03 bits per heavy atom. The molecule has 0 spiro atoms. The molecular formula is C28H30F2N4O3. The van der Waals surface area contributed by atoms with Crippen LogP contribution >= 0.6 is 0 Å². The van der Waals surface area contributed by atoms with Crippen LogP contribution in [0.25, 0.3) is 11.3 Å². The Balaban J connectivity index is 1.37. The van der Waals surface area contributed by atoms with Crippen LogP contribution in [0.2, 0.25) is 0 Å². The molecule has 2 aliphatic rings. The Bertz CT molecular complexity index is 1270. The average molecular weight is 509 g/mol. The highest BCUT2D eigenvalue weighted by Crippen LogP contribution is 2.43. The van der Waals surface area contributed by atoms with Crippen LogP contribution < -0.4 is 5.32 Å². The van der Waals surface area contributed by atoms with Gasteiger partial charge in [-0.3, -0.25) is 9.78 Å². The zero-order valence-corrected chi connectivity index (χ0v) is 20.6. The third-order valence-corrected chi connectivity index (χ3v) is 7.64. The number of carboxylic acid groups (broad SMARTS) is 1. The molecule has 5 rings (SSSR count). The van der Waals surface area contributed by atoms with Gasteiger partial charge in [-0.25, -0.2) is 18.7 Å². The van der Waals surface area contributed by atoms with Gasteiger partial charge in [0.05, 0.1) is 17.3 Å². The number of alkyl halides is 2. The maximum atomic E-state index is 13.1. The number of hydrogen-bond donors (Lipinski definition) is 3. The molecule has 3 aromatic heterocycles. The fraction of sp³-hybridized carbons (Fsp3) is 0.429. The van der Waals surface area contributed by atoms with E-state index in [1.807, 2.05) is 18.2 Å². The van der Waals surface area contributed by atoms with E-state index in [4.69, 9.17) is 4.98 Å². The van der Waals surface area contributed by atoms with Crippen molar-refractivity contribution < 1.29 is 23.8 Å². The lowest BCUT2D eigenvalue weighted by Gasteiger charge is -2.36. The van der Waals surface area contributed by atoms with Gasteiger partial charge in [-0.15, -0.1) is 0 Å². The molecule has 3 heterocycles. The van der Waals surface area contributed by atoms with Crippen LogP contribution in [-0.2, 0) is 10.4 Å². The molecule has 0 bridgehead atoms. The first kappa shape index (κ1) is 25.2. The highest BCUT2D eigenvalue weighted by atomic mass is 19.3. The minimum Gasteiger partial charge on any atom is -0.481 e. The number of rotatable bonds is 8. The molecule has 37 heavy (non-hydrogen) atoms. The summed E-state index contributed by atoms with van der Waals surface area (Å²) in [5.41, 5.74) is 1.84. The number of halogens is 2. The number of anilines is 2. The van der Waals surface area contributed by atoms with Crippen LogP contribution in [0.3, 0.4) is 0 Å². The molecule has 2 aliphatic carbocycles. The normalized spacial score (nSPS) is 21.4. The van der Waals surface area contributed by atoms with E-state index < -0.39 is 18.0 Å². The van der Waals surface area contributed by atoms with Crippen molar-refractivity contribution in [3.05, 3.63) is 65.6 Å². The van der Waals surface area contributed by atoms with Gasteiger partial charge in [0, 0.05) is 23.5 Å². The smallest absolute Gasteiger partial charge is 0.306 e. The summed E-state index contributed by atoms with van der Waals surface area (Å²) >= 11 is 0. The van der Waals surface area contributed by atoms with Crippen molar-refractivity contribution >= 4 is 17.6 Å². The van der Waals surface area contributed by atoms with E-state index in [1.165, 1.54) is 18.3 Å². The summed E-state index contributed by atoms with van der Waals surface area (Å²) in [6.07, 6.45) is 5.00. The van der Waals surface area contributed by atoms with Crippen LogP contribution in [0.15, 0.2) is 48.8 Å². The lowest BCUT2D eigenvalue weighted by atomic mass is 9.73. The van der Waals surface area contributed by atoms with Crippen LogP contribution in [0.5, 0.6) is 0 Å². The molecule has 1 atom stereocenters. The lowest BCUT2D eigenvalue weighted by molar-refractivity contribution is -0.144. The van der Waals surface area contributed by atoms with Crippen LogP contribution in [-0.4, -0.2) is 31.1 Å². The largest absolute Gasteiger partial charge is 0.481 e. The second-order valence-corrected chi connectivity index (χ2v) is 10.3. The first-order valence-electron chi connectivity index (χ1n) is 12.7. The van der Waals surface area contributed by atoms with Crippen LogP contribution in [0.1, 0.15) is 74.6 Å². The third-order valence-electron chi connectivity index (χ3n) is 7.64. The maximum Gasteiger partial charge on any atom is 0.306 e. The minimum absolute atomic E-state index is 0.0647. The van der Waals surface area contributed by atoms with E-state index in [-0.39, 0.29) is 17.4 Å². The van der Waals surface area contributed by atoms with Crippen molar-refractivity contribution in [3.8, 4) is 11.3 Å². The number of hydrogen-bond acceptors (Lipinski definition) is 6. The summed E-state index contributed by atoms with van der Waals surface area (Å²) in [7, 11) is 0. The molecule has 0 saturated heterocycles. The molecule has 194 valence electrons. The molecule has 0 amide bonds. The molecule has 1 unspecified atom stereocenters. The average Bonchev–Trinajstić information content (AvgIpc) is 3.75. The highest BCUT2D eigenvalue weighted by Gasteiger charge is 2.39. The SMILES string of the molecule is CC(O)(c1ccc(-c2cc(C3CC3)cc(Nc3cc(C(F)F)ccn3)n2)cn1)[C@H]1CC[C@H](C(=O)O)CC1. The molecule has 9 heteroatoms. The molecule has 0 radical (unpaired) electrons. The van der Waals surface area contributed by atoms with Crippen molar-refractivity contribution in [1.29, 1.82) is 0 Å². The molecule has 3 aromatic rings. The zero-order valence-electron chi connectivity index (χ0n) is 20.6. The topological polar surface area (TPSA) is 108 Å². The van der Waals surface area contributed by atoms with Crippen molar-refractivity contribution in [2.45, 2.75) is 63.4 Å². The van der Waals surface area contributed by atoms with E-state index in [0.717, 1.165) is 24.0 Å². The zero-order chi connectivity index (χ0) is 26.2.